The predicted molar refractivity (Wildman–Crippen MR) is 275 cm³/mol. The van der Waals surface area contributed by atoms with Gasteiger partial charge in [-0.3, -0.25) is 0 Å². The average Bonchev–Trinajstić information content (AvgIpc) is 3.64. The molecule has 78 heavy (non-hydrogen) atoms. The zero-order chi connectivity index (χ0) is 54.2. The molecule has 2 heterocycles. The van der Waals surface area contributed by atoms with Gasteiger partial charge in [0.05, 0.1) is 46.6 Å². The van der Waals surface area contributed by atoms with E-state index in [0.717, 1.165) is 5.56 Å². The highest BCUT2D eigenvalue weighted by Crippen LogP contribution is 2.36. The number of hydrogen-bond donors (Lipinski definition) is 1. The number of hydrogen-bond acceptors (Lipinski definition) is 17. The van der Waals surface area contributed by atoms with Gasteiger partial charge in [0.1, 0.15) is 31.0 Å². The molecule has 2 aliphatic heterocycles. The minimum absolute atomic E-state index is 0.0264. The van der Waals surface area contributed by atoms with Gasteiger partial charge in [-0.15, -0.1) is 0 Å². The van der Waals surface area contributed by atoms with Crippen LogP contribution in [0, 0.1) is 0 Å². The molecule has 17 nitrogen and oxygen atoms in total. The Morgan fingerprint density at radius 3 is 1.12 bits per heavy atom. The molecule has 2 fully saturated rings. The van der Waals surface area contributed by atoms with E-state index >= 15 is 0 Å². The lowest BCUT2D eigenvalue weighted by molar-refractivity contribution is -0.352. The van der Waals surface area contributed by atoms with Crippen molar-refractivity contribution < 1.29 is 81.2 Å². The highest BCUT2D eigenvalue weighted by atomic mass is 16.8. The molecule has 0 amide bonds. The molecule has 0 spiro atoms. The topological polar surface area (TPSA) is 215 Å². The number of ether oxygens (including phenoxy) is 10. The summed E-state index contributed by atoms with van der Waals surface area (Å²) in [7, 11) is 0. The predicted octanol–water partition coefficient (Wildman–Crippen LogP) is 8.02. The molecule has 0 saturated carbocycles. The van der Waals surface area contributed by atoms with Crippen LogP contribution in [0.2, 0.25) is 0 Å². The van der Waals surface area contributed by atoms with E-state index < -0.39 is 104 Å². The third-order valence-corrected chi connectivity index (χ3v) is 12.5. The Morgan fingerprint density at radius 2 is 0.679 bits per heavy atom. The second-order valence-electron chi connectivity index (χ2n) is 17.9. The lowest BCUT2D eigenvalue weighted by Gasteiger charge is -2.48. The van der Waals surface area contributed by atoms with E-state index in [1.807, 2.05) is 30.3 Å². The molecule has 9 rings (SSSR count). The maximum atomic E-state index is 14.5. The lowest BCUT2D eigenvalue weighted by Crippen LogP contribution is -2.67. The van der Waals surface area contributed by atoms with E-state index in [2.05, 4.69) is 0 Å². The number of esters is 6. The summed E-state index contributed by atoms with van der Waals surface area (Å²) in [4.78, 5) is 84.5. The fourth-order valence-corrected chi connectivity index (χ4v) is 8.59. The molecule has 1 N–H and O–H groups in total. The quantitative estimate of drug-likeness (QED) is 0.0599. The molecule has 0 bridgehead atoms. The molecule has 7 aromatic carbocycles. The first kappa shape index (κ1) is 54.0. The van der Waals surface area contributed by atoms with Gasteiger partial charge in [0.2, 0.25) is 12.4 Å². The third kappa shape index (κ3) is 13.8. The summed E-state index contributed by atoms with van der Waals surface area (Å²) in [5.74, 6) is -5.57. The van der Waals surface area contributed by atoms with E-state index in [4.69, 9.17) is 47.4 Å². The summed E-state index contributed by atoms with van der Waals surface area (Å²) in [5, 5.41) is 12.6. The molecular weight excluding hydrogens is 1000 g/mol. The average molecular weight is 1060 g/mol. The molecule has 7 aromatic rings. The summed E-state index contributed by atoms with van der Waals surface area (Å²) in [6.45, 7) is -1.05. The Morgan fingerprint density at radius 1 is 0.346 bits per heavy atom. The summed E-state index contributed by atoms with van der Waals surface area (Å²) in [6, 6.07) is 56.2. The maximum Gasteiger partial charge on any atom is 0.340 e. The van der Waals surface area contributed by atoms with Gasteiger partial charge in [0.15, 0.2) is 24.6 Å². The van der Waals surface area contributed by atoms with Crippen LogP contribution < -0.4 is 0 Å². The van der Waals surface area contributed by atoms with Crippen molar-refractivity contribution in [1.29, 1.82) is 0 Å². The zero-order valence-corrected chi connectivity index (χ0v) is 41.6. The first-order valence-corrected chi connectivity index (χ1v) is 24.9. The van der Waals surface area contributed by atoms with E-state index in [9.17, 15) is 33.9 Å². The number of carbonyl (C=O) groups excluding carboxylic acids is 6. The Hall–Kier alpha value is -8.84. The van der Waals surface area contributed by atoms with Gasteiger partial charge in [0.25, 0.3) is 0 Å². The summed E-state index contributed by atoms with van der Waals surface area (Å²) < 4.78 is 62.6. The Bertz CT molecular complexity index is 3080. The van der Waals surface area contributed by atoms with Crippen molar-refractivity contribution in [3.63, 3.8) is 0 Å². The minimum Gasteiger partial charge on any atom is -0.459 e. The van der Waals surface area contributed by atoms with E-state index in [1.54, 1.807) is 109 Å². The van der Waals surface area contributed by atoms with Crippen LogP contribution >= 0.6 is 0 Å². The number of carbonyl (C=O) groups is 6. The van der Waals surface area contributed by atoms with Crippen LogP contribution in [-0.2, 0) is 54.0 Å². The molecule has 10 atom stereocenters. The van der Waals surface area contributed by atoms with E-state index in [0.29, 0.717) is 0 Å². The first-order valence-electron chi connectivity index (χ1n) is 24.9. The van der Waals surface area contributed by atoms with Gasteiger partial charge in [-0.1, -0.05) is 140 Å². The molecule has 0 radical (unpaired) electrons. The van der Waals surface area contributed by atoms with Crippen LogP contribution in [-0.4, -0.2) is 116 Å². The number of benzene rings is 7. The van der Waals surface area contributed by atoms with Crippen LogP contribution in [0.15, 0.2) is 212 Å². The fraction of sp³-hybridized carbons (Fsp3) is 0.213. The van der Waals surface area contributed by atoms with Crippen molar-refractivity contribution in [1.82, 2.24) is 0 Å². The van der Waals surface area contributed by atoms with Gasteiger partial charge >= 0.3 is 35.8 Å². The normalized spacial score (nSPS) is 22.6. The molecule has 2 aliphatic rings. The molecule has 17 heteroatoms. The number of rotatable bonds is 19. The second-order valence-corrected chi connectivity index (χ2v) is 17.9. The van der Waals surface area contributed by atoms with Crippen LogP contribution in [0.25, 0.3) is 0 Å². The Labute approximate surface area is 448 Å². The van der Waals surface area contributed by atoms with Crippen LogP contribution in [0.3, 0.4) is 0 Å². The minimum atomic E-state index is -1.95. The molecule has 0 aromatic heterocycles. The summed E-state index contributed by atoms with van der Waals surface area (Å²) >= 11 is 0. The van der Waals surface area contributed by atoms with Crippen molar-refractivity contribution in [3.05, 3.63) is 251 Å². The first-order chi connectivity index (χ1) is 38.1. The summed E-state index contributed by atoms with van der Waals surface area (Å²) in [6.07, 6.45) is -18.0. The van der Waals surface area contributed by atoms with Crippen molar-refractivity contribution in [3.8, 4) is 0 Å². The Balaban J connectivity index is 1.15. The van der Waals surface area contributed by atoms with Gasteiger partial charge in [0, 0.05) is 0 Å². The third-order valence-electron chi connectivity index (χ3n) is 12.5. The van der Waals surface area contributed by atoms with Gasteiger partial charge in [-0.2, -0.15) is 0 Å². The Kier molecular flexibility index (Phi) is 18.2. The lowest BCUT2D eigenvalue weighted by atomic mass is 9.95. The van der Waals surface area contributed by atoms with Crippen LogP contribution in [0.1, 0.15) is 67.7 Å². The van der Waals surface area contributed by atoms with Crippen LogP contribution in [0.4, 0.5) is 0 Å². The fourth-order valence-electron chi connectivity index (χ4n) is 8.59. The van der Waals surface area contributed by atoms with E-state index in [-0.39, 0.29) is 46.6 Å². The standard InChI is InChI=1S/C61H52O17/c62-48-49(73-55(64)41-26-12-3-13-27-41)46(37-69-36-39-22-8-1-9-23-39)71-60(51(48)74-56(65)42-28-14-4-15-29-42)77-50-47(38-70-54(63)40-24-10-2-11-25-40)72-61(78-59(68)45-34-20-7-21-35-45)53(76-58(67)44-32-18-6-19-33-44)52(50)75-57(66)43-30-16-5-17-31-43/h1-35,46-53,60-62H,36-38H2/t46-,47-,48+,49+,50-,51-,52+,53+,60+,61-/m1/s1. The molecular formula is C61H52O17. The van der Waals surface area contributed by atoms with Crippen LogP contribution in [0.5, 0.6) is 0 Å². The van der Waals surface area contributed by atoms with Crippen molar-refractivity contribution in [2.75, 3.05) is 13.2 Å². The van der Waals surface area contributed by atoms with Crippen molar-refractivity contribution in [2.45, 2.75) is 68.0 Å². The van der Waals surface area contributed by atoms with Crippen molar-refractivity contribution >= 4 is 35.8 Å². The van der Waals surface area contributed by atoms with E-state index in [1.165, 1.54) is 72.8 Å². The zero-order valence-electron chi connectivity index (χ0n) is 41.6. The molecule has 0 unspecified atom stereocenters. The van der Waals surface area contributed by atoms with Crippen molar-refractivity contribution in [2.24, 2.45) is 0 Å². The molecule has 2 saturated heterocycles. The largest absolute Gasteiger partial charge is 0.459 e. The van der Waals surface area contributed by atoms with Gasteiger partial charge < -0.3 is 52.5 Å². The van der Waals surface area contributed by atoms with Gasteiger partial charge in [-0.05, 0) is 78.4 Å². The highest BCUT2D eigenvalue weighted by Gasteiger charge is 2.57. The highest BCUT2D eigenvalue weighted by molar-refractivity contribution is 5.92. The maximum absolute atomic E-state index is 14.5. The van der Waals surface area contributed by atoms with Gasteiger partial charge in [-0.25, -0.2) is 28.8 Å². The second kappa shape index (κ2) is 26.3. The summed E-state index contributed by atoms with van der Waals surface area (Å²) in [5.41, 5.74) is 1.21. The SMILES string of the molecule is O=C(OC[C@H]1O[C@H](OC(=O)c2ccccc2)[C@@H](OC(=O)c2ccccc2)[C@@H](OC(=O)c2ccccc2)[C@@H]1O[C@@H]1O[C@H](COCc2ccccc2)[C@H](OC(=O)c2ccccc2)[C@H](O)[C@H]1OC(=O)c1ccccc1)c1ccccc1. The number of aliphatic hydroxyl groups is 1. The number of aliphatic hydroxyl groups excluding tert-OH is 1. The smallest absolute Gasteiger partial charge is 0.340 e. The molecule has 398 valence electrons. The monoisotopic (exact) mass is 1060 g/mol. The molecule has 0 aliphatic carbocycles.